The van der Waals surface area contributed by atoms with Gasteiger partial charge in [0, 0.05) is 21.1 Å². The van der Waals surface area contributed by atoms with E-state index in [1.54, 1.807) is 14.2 Å². The zero-order valence-corrected chi connectivity index (χ0v) is 11.0. The third kappa shape index (κ3) is 3.69. The van der Waals surface area contributed by atoms with E-state index in [1.165, 1.54) is 32.1 Å². The maximum atomic E-state index is 5.76. The van der Waals surface area contributed by atoms with E-state index in [2.05, 4.69) is 0 Å². The van der Waals surface area contributed by atoms with Crippen LogP contribution in [-0.4, -0.2) is 30.0 Å². The summed E-state index contributed by atoms with van der Waals surface area (Å²) in [5.41, 5.74) is 0.827. The molecule has 4 heteroatoms. The van der Waals surface area contributed by atoms with Gasteiger partial charge in [-0.1, -0.05) is 32.1 Å². The number of hydrogen-bond donors (Lipinski definition) is 0. The lowest BCUT2D eigenvalue weighted by atomic mass is 10.0. The van der Waals surface area contributed by atoms with Crippen molar-refractivity contribution in [2.24, 2.45) is 0 Å². The zero-order chi connectivity index (χ0) is 10.4. The summed E-state index contributed by atoms with van der Waals surface area (Å²) in [5, 5.41) is 0. The minimum atomic E-state index is -0.802. The highest BCUT2D eigenvalue weighted by atomic mass is 28.2. The van der Waals surface area contributed by atoms with Gasteiger partial charge in [0.1, 0.15) is 0 Å². The van der Waals surface area contributed by atoms with Crippen molar-refractivity contribution in [1.29, 1.82) is 0 Å². The molecule has 0 unspecified atom stereocenters. The molecular formula is C10H22O3Si. The van der Waals surface area contributed by atoms with Crippen LogP contribution < -0.4 is 0 Å². The second kappa shape index (κ2) is 5.85. The quantitative estimate of drug-likeness (QED) is 0.520. The molecule has 0 N–H and O–H groups in total. The van der Waals surface area contributed by atoms with Gasteiger partial charge in [-0.25, -0.2) is 0 Å². The number of ether oxygens (including phenoxy) is 2. The van der Waals surface area contributed by atoms with E-state index < -0.39 is 15.7 Å². The van der Waals surface area contributed by atoms with Crippen LogP contribution in [0.5, 0.6) is 0 Å². The van der Waals surface area contributed by atoms with Gasteiger partial charge in [0.05, 0.1) is 0 Å². The van der Waals surface area contributed by atoms with Gasteiger partial charge in [-0.05, 0) is 5.54 Å². The van der Waals surface area contributed by atoms with Crippen LogP contribution >= 0.6 is 0 Å². The first-order chi connectivity index (χ1) is 6.70. The van der Waals surface area contributed by atoms with Crippen molar-refractivity contribution in [3.8, 4) is 0 Å². The predicted octanol–water partition coefficient (Wildman–Crippen LogP) is 1.81. The van der Waals surface area contributed by atoms with Gasteiger partial charge < -0.3 is 13.9 Å². The molecule has 0 aromatic carbocycles. The van der Waals surface area contributed by atoms with Crippen molar-refractivity contribution in [2.45, 2.75) is 50.5 Å². The number of hydrogen-bond acceptors (Lipinski definition) is 3. The molecule has 0 heterocycles. The molecule has 0 bridgehead atoms. The van der Waals surface area contributed by atoms with Crippen LogP contribution in [0, 0.1) is 0 Å². The Balaban J connectivity index is 2.23. The van der Waals surface area contributed by atoms with E-state index in [1.807, 2.05) is 6.92 Å². The number of methoxy groups -OCH3 is 2. The molecule has 0 saturated heterocycles. The normalized spacial score (nSPS) is 20.8. The summed E-state index contributed by atoms with van der Waals surface area (Å²) in [6.45, 7) is 1.84. The molecule has 1 fully saturated rings. The third-order valence-corrected chi connectivity index (χ3v) is 5.03. The van der Waals surface area contributed by atoms with Crippen molar-refractivity contribution in [3.05, 3.63) is 0 Å². The molecule has 0 amide bonds. The zero-order valence-electron chi connectivity index (χ0n) is 9.54. The molecule has 0 atom stereocenters. The fourth-order valence-corrected chi connectivity index (χ4v) is 3.51. The fourth-order valence-electron chi connectivity index (χ4n) is 1.82. The maximum Gasteiger partial charge on any atom is 0.269 e. The molecule has 1 aliphatic carbocycles. The van der Waals surface area contributed by atoms with E-state index >= 15 is 0 Å². The molecule has 1 aliphatic rings. The summed E-state index contributed by atoms with van der Waals surface area (Å²) in [6.07, 6.45) is 6.83. The molecule has 3 nitrogen and oxygen atoms in total. The molecule has 0 spiro atoms. The molecule has 84 valence electrons. The SMILES string of the molecule is COC(C)(OC)O[SiH2]C1CCCCC1. The molecule has 1 rings (SSSR count). The summed E-state index contributed by atoms with van der Waals surface area (Å²) in [5.74, 6) is -0.802. The first kappa shape index (κ1) is 12.2. The van der Waals surface area contributed by atoms with Gasteiger partial charge in [-0.3, -0.25) is 0 Å². The Morgan fingerprint density at radius 1 is 1.07 bits per heavy atom. The Morgan fingerprint density at radius 2 is 1.64 bits per heavy atom. The van der Waals surface area contributed by atoms with Crippen molar-refractivity contribution < 1.29 is 13.9 Å². The average Bonchev–Trinajstić information content (AvgIpc) is 2.27. The van der Waals surface area contributed by atoms with Crippen LogP contribution in [0.2, 0.25) is 5.54 Å². The minimum absolute atomic E-state index is 0.511. The lowest BCUT2D eigenvalue weighted by molar-refractivity contribution is -0.311. The highest BCUT2D eigenvalue weighted by Crippen LogP contribution is 2.29. The predicted molar refractivity (Wildman–Crippen MR) is 58.9 cm³/mol. The van der Waals surface area contributed by atoms with Crippen molar-refractivity contribution in [1.82, 2.24) is 0 Å². The molecule has 0 aromatic heterocycles. The van der Waals surface area contributed by atoms with Gasteiger partial charge in [-0.15, -0.1) is 0 Å². The summed E-state index contributed by atoms with van der Waals surface area (Å²) < 4.78 is 16.1. The Hall–Kier alpha value is 0.0969. The Bertz CT molecular complexity index is 153. The summed E-state index contributed by atoms with van der Waals surface area (Å²) in [7, 11) is 2.74. The molecule has 0 aromatic rings. The molecule has 0 aliphatic heterocycles. The largest absolute Gasteiger partial charge is 0.376 e. The van der Waals surface area contributed by atoms with E-state index in [-0.39, 0.29) is 0 Å². The van der Waals surface area contributed by atoms with E-state index in [9.17, 15) is 0 Å². The molecule has 0 radical (unpaired) electrons. The molecule has 14 heavy (non-hydrogen) atoms. The van der Waals surface area contributed by atoms with Gasteiger partial charge in [-0.2, -0.15) is 0 Å². The van der Waals surface area contributed by atoms with Gasteiger partial charge in [0.15, 0.2) is 9.76 Å². The van der Waals surface area contributed by atoms with Crippen LogP contribution in [0.1, 0.15) is 39.0 Å². The fraction of sp³-hybridized carbons (Fsp3) is 1.00. The van der Waals surface area contributed by atoms with E-state index in [0.29, 0.717) is 0 Å². The third-order valence-electron chi connectivity index (χ3n) is 3.05. The summed E-state index contributed by atoms with van der Waals surface area (Å²) in [6, 6.07) is 0. The van der Waals surface area contributed by atoms with Crippen molar-refractivity contribution in [3.63, 3.8) is 0 Å². The molecular weight excluding hydrogens is 196 g/mol. The highest BCUT2D eigenvalue weighted by molar-refractivity contribution is 6.29. The van der Waals surface area contributed by atoms with Gasteiger partial charge >= 0.3 is 0 Å². The smallest absolute Gasteiger partial charge is 0.269 e. The van der Waals surface area contributed by atoms with Gasteiger partial charge in [0.2, 0.25) is 0 Å². The van der Waals surface area contributed by atoms with Crippen molar-refractivity contribution >= 4 is 9.76 Å². The second-order valence-electron chi connectivity index (χ2n) is 4.09. The standard InChI is InChI=1S/C10H22O3Si/c1-10(11-2,12-3)13-14-9-7-5-4-6-8-9/h9H,4-8,14H2,1-3H3. The second-order valence-corrected chi connectivity index (χ2v) is 5.86. The maximum absolute atomic E-state index is 5.76. The van der Waals surface area contributed by atoms with E-state index in [0.717, 1.165) is 5.54 Å². The monoisotopic (exact) mass is 218 g/mol. The van der Waals surface area contributed by atoms with Crippen molar-refractivity contribution in [2.75, 3.05) is 14.2 Å². The Morgan fingerprint density at radius 3 is 2.14 bits per heavy atom. The highest BCUT2D eigenvalue weighted by Gasteiger charge is 2.25. The van der Waals surface area contributed by atoms with Crippen LogP contribution in [0.25, 0.3) is 0 Å². The topological polar surface area (TPSA) is 27.7 Å². The lowest BCUT2D eigenvalue weighted by Crippen LogP contribution is -2.35. The summed E-state index contributed by atoms with van der Waals surface area (Å²) >= 11 is 0. The first-order valence-corrected chi connectivity index (χ1v) is 6.84. The van der Waals surface area contributed by atoms with E-state index in [4.69, 9.17) is 13.9 Å². The lowest BCUT2D eigenvalue weighted by Gasteiger charge is -2.29. The van der Waals surface area contributed by atoms with Crippen LogP contribution in [0.15, 0.2) is 0 Å². The van der Waals surface area contributed by atoms with Crippen LogP contribution in [0.3, 0.4) is 0 Å². The molecule has 1 saturated carbocycles. The van der Waals surface area contributed by atoms with Crippen LogP contribution in [-0.2, 0) is 13.9 Å². The number of rotatable bonds is 5. The summed E-state index contributed by atoms with van der Waals surface area (Å²) in [4.78, 5) is 0. The van der Waals surface area contributed by atoms with Crippen LogP contribution in [0.4, 0.5) is 0 Å². The Labute approximate surface area is 89.1 Å². The minimum Gasteiger partial charge on any atom is -0.376 e. The van der Waals surface area contributed by atoms with Gasteiger partial charge in [0.25, 0.3) is 5.97 Å². The first-order valence-electron chi connectivity index (χ1n) is 5.44. The Kier molecular flexibility index (Phi) is 5.09. The average molecular weight is 218 g/mol.